The molecule has 188 valence electrons. The number of nitro benzene ring substituents is 1. The minimum Gasteiger partial charge on any atom is -0.497 e. The third kappa shape index (κ3) is 4.46. The summed E-state index contributed by atoms with van der Waals surface area (Å²) in [6.07, 6.45) is 1.87. The second-order valence-corrected chi connectivity index (χ2v) is 9.34. The molecule has 2 aromatic rings. The van der Waals surface area contributed by atoms with Crippen molar-refractivity contribution < 1.29 is 28.8 Å². The number of Topliss-reactive ketones (excluding diaryl/α,β-unsaturated/α-hetero) is 1. The first-order valence-corrected chi connectivity index (χ1v) is 11.8. The molecule has 1 heterocycles. The Kier molecular flexibility index (Phi) is 6.87. The molecule has 10 heteroatoms. The van der Waals surface area contributed by atoms with Gasteiger partial charge < -0.3 is 4.74 Å². The summed E-state index contributed by atoms with van der Waals surface area (Å²) in [7, 11) is 1.49. The molecule has 3 amide bonds. The first-order valence-electron chi connectivity index (χ1n) is 11.8. The molecule has 4 rings (SSSR count). The standard InChI is InChI=1S/C26H27N3O7/c1-15-4-13-21-22(14-15)26(33)28(25(21)32)27(24(31)18-5-9-19(10-6-18)29(34)35)16(2)23(30)17-7-11-20(36-3)12-8-17/h5-12,15-16,21-22H,4,13-14H2,1-3H3/t15-,16+,21-,22+/m1/s1. The van der Waals surface area contributed by atoms with Gasteiger partial charge in [-0.1, -0.05) is 6.92 Å². The first kappa shape index (κ1) is 25.0. The molecule has 0 unspecified atom stereocenters. The van der Waals surface area contributed by atoms with Gasteiger partial charge in [0, 0.05) is 23.3 Å². The SMILES string of the molecule is COc1ccc(C(=O)[C@H](C)N(C(=O)c2ccc([N+](=O)[O-])cc2)N2C(=O)[C@H]3C[C@H](C)CC[C@H]3C2=O)cc1. The number of non-ortho nitro benzene ring substituents is 1. The van der Waals surface area contributed by atoms with E-state index in [1.54, 1.807) is 24.3 Å². The molecule has 2 aromatic carbocycles. The lowest BCUT2D eigenvalue weighted by atomic mass is 9.76. The lowest BCUT2D eigenvalue weighted by Gasteiger charge is -2.34. The zero-order valence-corrected chi connectivity index (χ0v) is 20.2. The largest absolute Gasteiger partial charge is 0.497 e. The fourth-order valence-electron chi connectivity index (χ4n) is 4.99. The van der Waals surface area contributed by atoms with E-state index < -0.39 is 46.3 Å². The average molecular weight is 494 g/mol. The summed E-state index contributed by atoms with van der Waals surface area (Å²) in [6.45, 7) is 3.48. The number of carbonyl (C=O) groups excluding carboxylic acids is 4. The number of benzene rings is 2. The second kappa shape index (κ2) is 9.88. The van der Waals surface area contributed by atoms with E-state index in [9.17, 15) is 29.3 Å². The van der Waals surface area contributed by atoms with Crippen LogP contribution in [0.15, 0.2) is 48.5 Å². The molecule has 1 saturated carbocycles. The van der Waals surface area contributed by atoms with E-state index in [2.05, 4.69) is 0 Å². The van der Waals surface area contributed by atoms with Crippen molar-refractivity contribution in [2.75, 3.05) is 7.11 Å². The third-order valence-corrected chi connectivity index (χ3v) is 7.03. The van der Waals surface area contributed by atoms with Crippen molar-refractivity contribution in [2.45, 2.75) is 39.2 Å². The number of hydrazine groups is 1. The van der Waals surface area contributed by atoms with E-state index in [-0.39, 0.29) is 22.7 Å². The number of ketones is 1. The van der Waals surface area contributed by atoms with Gasteiger partial charge in [-0.3, -0.25) is 29.3 Å². The highest BCUT2D eigenvalue weighted by molar-refractivity contribution is 6.10. The van der Waals surface area contributed by atoms with Gasteiger partial charge in [0.15, 0.2) is 5.78 Å². The number of methoxy groups -OCH3 is 1. The summed E-state index contributed by atoms with van der Waals surface area (Å²) in [5, 5.41) is 12.8. The smallest absolute Gasteiger partial charge is 0.273 e. The van der Waals surface area contributed by atoms with E-state index >= 15 is 0 Å². The molecular weight excluding hydrogens is 466 g/mol. The van der Waals surface area contributed by atoms with Crippen LogP contribution >= 0.6 is 0 Å². The summed E-state index contributed by atoms with van der Waals surface area (Å²) in [5.41, 5.74) is 0.0718. The summed E-state index contributed by atoms with van der Waals surface area (Å²) < 4.78 is 5.13. The molecule has 0 spiro atoms. The van der Waals surface area contributed by atoms with Crippen LogP contribution in [-0.2, 0) is 9.59 Å². The van der Waals surface area contributed by atoms with Gasteiger partial charge in [0.2, 0.25) is 0 Å². The van der Waals surface area contributed by atoms with Crippen LogP contribution in [-0.4, -0.2) is 51.6 Å². The van der Waals surface area contributed by atoms with E-state index in [1.807, 2.05) is 6.92 Å². The number of amides is 3. The molecule has 2 aliphatic rings. The van der Waals surface area contributed by atoms with E-state index in [0.717, 1.165) is 28.6 Å². The number of nitrogens with zero attached hydrogens (tertiary/aromatic N) is 3. The fraction of sp³-hybridized carbons (Fsp3) is 0.385. The monoisotopic (exact) mass is 493 g/mol. The van der Waals surface area contributed by atoms with Crippen LogP contribution in [0, 0.1) is 27.9 Å². The summed E-state index contributed by atoms with van der Waals surface area (Å²) in [6, 6.07) is 9.91. The average Bonchev–Trinajstić information content (AvgIpc) is 3.12. The van der Waals surface area contributed by atoms with E-state index in [0.29, 0.717) is 18.6 Å². The van der Waals surface area contributed by atoms with Crippen molar-refractivity contribution in [1.82, 2.24) is 10.0 Å². The number of imide groups is 1. The topological polar surface area (TPSA) is 127 Å². The van der Waals surface area contributed by atoms with Gasteiger partial charge in [-0.15, -0.1) is 0 Å². The van der Waals surface area contributed by atoms with Gasteiger partial charge in [-0.05, 0) is 68.5 Å². The molecule has 36 heavy (non-hydrogen) atoms. The molecule has 0 N–H and O–H groups in total. The van der Waals surface area contributed by atoms with Crippen molar-refractivity contribution in [1.29, 1.82) is 0 Å². The molecular formula is C26H27N3O7. The first-order chi connectivity index (χ1) is 17.1. The van der Waals surface area contributed by atoms with Gasteiger partial charge in [-0.2, -0.15) is 5.01 Å². The fourth-order valence-corrected chi connectivity index (χ4v) is 4.99. The molecule has 1 saturated heterocycles. The quantitative estimate of drug-likeness (QED) is 0.249. The molecule has 10 nitrogen and oxygen atoms in total. The molecule has 1 aliphatic carbocycles. The maximum atomic E-state index is 13.7. The number of nitro groups is 1. The molecule has 0 aromatic heterocycles. The summed E-state index contributed by atoms with van der Waals surface area (Å²) >= 11 is 0. The van der Waals surface area contributed by atoms with Crippen molar-refractivity contribution in [3.8, 4) is 5.75 Å². The van der Waals surface area contributed by atoms with Crippen LogP contribution < -0.4 is 4.74 Å². The van der Waals surface area contributed by atoms with Crippen molar-refractivity contribution in [3.63, 3.8) is 0 Å². The third-order valence-electron chi connectivity index (χ3n) is 7.03. The minimum absolute atomic E-state index is 0.0128. The van der Waals surface area contributed by atoms with E-state index in [4.69, 9.17) is 4.74 Å². The van der Waals surface area contributed by atoms with Crippen LogP contribution in [0.5, 0.6) is 5.75 Å². The highest BCUT2D eigenvalue weighted by atomic mass is 16.6. The van der Waals surface area contributed by atoms with Crippen LogP contribution in [0.2, 0.25) is 0 Å². The number of hydrogen-bond acceptors (Lipinski definition) is 7. The minimum atomic E-state index is -1.20. The number of hydrogen-bond donors (Lipinski definition) is 0. The lowest BCUT2D eigenvalue weighted by Crippen LogP contribution is -2.56. The van der Waals surface area contributed by atoms with Crippen LogP contribution in [0.3, 0.4) is 0 Å². The predicted octanol–water partition coefficient (Wildman–Crippen LogP) is 3.65. The molecule has 0 radical (unpaired) electrons. The number of carbonyl (C=O) groups is 4. The lowest BCUT2D eigenvalue weighted by molar-refractivity contribution is -0.384. The van der Waals surface area contributed by atoms with Crippen molar-refractivity contribution in [3.05, 3.63) is 69.8 Å². The highest BCUT2D eigenvalue weighted by Crippen LogP contribution is 2.41. The second-order valence-electron chi connectivity index (χ2n) is 9.34. The predicted molar refractivity (Wildman–Crippen MR) is 128 cm³/mol. The van der Waals surface area contributed by atoms with Gasteiger partial charge in [0.25, 0.3) is 23.4 Å². The number of ether oxygens (including phenoxy) is 1. The zero-order valence-electron chi connectivity index (χ0n) is 20.2. The molecule has 0 bridgehead atoms. The van der Waals surface area contributed by atoms with Crippen LogP contribution in [0.4, 0.5) is 5.69 Å². The van der Waals surface area contributed by atoms with Crippen molar-refractivity contribution >= 4 is 29.2 Å². The van der Waals surface area contributed by atoms with Gasteiger partial charge in [0.05, 0.1) is 23.9 Å². The zero-order chi connectivity index (χ0) is 26.1. The Labute approximate surface area is 207 Å². The number of fused-ring (bicyclic) bond motifs is 1. The normalized spacial score (nSPS) is 22.1. The van der Waals surface area contributed by atoms with Gasteiger partial charge >= 0.3 is 0 Å². The molecule has 1 aliphatic heterocycles. The summed E-state index contributed by atoms with van der Waals surface area (Å²) in [4.78, 5) is 64.4. The van der Waals surface area contributed by atoms with Crippen molar-refractivity contribution in [2.24, 2.45) is 17.8 Å². The Hall–Kier alpha value is -4.08. The van der Waals surface area contributed by atoms with Crippen LogP contribution in [0.25, 0.3) is 0 Å². The van der Waals surface area contributed by atoms with Gasteiger partial charge in [-0.25, -0.2) is 5.01 Å². The summed E-state index contributed by atoms with van der Waals surface area (Å²) in [5.74, 6) is -2.52. The molecule has 4 atom stereocenters. The Balaban J connectivity index is 1.73. The van der Waals surface area contributed by atoms with Gasteiger partial charge in [0.1, 0.15) is 11.8 Å². The molecule has 2 fully saturated rings. The van der Waals surface area contributed by atoms with Crippen LogP contribution in [0.1, 0.15) is 53.8 Å². The van der Waals surface area contributed by atoms with E-state index in [1.165, 1.54) is 26.2 Å². The Morgan fingerprint density at radius 3 is 2.17 bits per heavy atom. The Morgan fingerprint density at radius 1 is 1.00 bits per heavy atom. The number of rotatable bonds is 7. The highest BCUT2D eigenvalue weighted by Gasteiger charge is 2.54. The maximum Gasteiger partial charge on any atom is 0.273 e. The Morgan fingerprint density at radius 2 is 1.58 bits per heavy atom. The Bertz CT molecular complexity index is 1210. The maximum absolute atomic E-state index is 13.7.